The average Bonchev–Trinajstić information content (AvgIpc) is 2.32. The Bertz CT molecular complexity index is 576. The number of aldehydes is 1. The van der Waals surface area contributed by atoms with Gasteiger partial charge >= 0.3 is 0 Å². The molecule has 0 N–H and O–H groups in total. The van der Waals surface area contributed by atoms with Crippen molar-refractivity contribution in [2.45, 2.75) is 6.92 Å². The van der Waals surface area contributed by atoms with Gasteiger partial charge in [0, 0.05) is 5.56 Å². The molecule has 1 nitrogen and oxygen atoms in total. The molecule has 0 amide bonds. The Labute approximate surface area is 97.7 Å². The van der Waals surface area contributed by atoms with Gasteiger partial charge < -0.3 is 0 Å². The van der Waals surface area contributed by atoms with Gasteiger partial charge in [-0.3, -0.25) is 4.79 Å². The van der Waals surface area contributed by atoms with Gasteiger partial charge in [-0.05, 0) is 53.9 Å². The van der Waals surface area contributed by atoms with E-state index in [9.17, 15) is 13.6 Å². The van der Waals surface area contributed by atoms with Crippen LogP contribution in [-0.2, 0) is 0 Å². The topological polar surface area (TPSA) is 17.1 Å². The number of carbonyl (C=O) groups excluding carboxylic acids is 1. The molecule has 0 unspecified atom stereocenters. The summed E-state index contributed by atoms with van der Waals surface area (Å²) in [4.78, 5) is 10.9. The molecule has 0 saturated heterocycles. The first-order valence-electron chi connectivity index (χ1n) is 5.13. The van der Waals surface area contributed by atoms with Crippen molar-refractivity contribution >= 4 is 6.29 Å². The fourth-order valence-corrected chi connectivity index (χ4v) is 1.69. The lowest BCUT2D eigenvalue weighted by atomic mass is 9.98. The van der Waals surface area contributed by atoms with E-state index >= 15 is 0 Å². The van der Waals surface area contributed by atoms with E-state index in [1.54, 1.807) is 13.0 Å². The minimum Gasteiger partial charge on any atom is -0.298 e. The quantitative estimate of drug-likeness (QED) is 0.720. The lowest BCUT2D eigenvalue weighted by Gasteiger charge is -2.07. The molecule has 2 aromatic rings. The Kier molecular flexibility index (Phi) is 3.00. The van der Waals surface area contributed by atoms with Crippen LogP contribution in [0.5, 0.6) is 0 Å². The third-order valence-corrected chi connectivity index (χ3v) is 2.61. The van der Waals surface area contributed by atoms with Crippen LogP contribution >= 0.6 is 0 Å². The van der Waals surface area contributed by atoms with Crippen LogP contribution in [0.3, 0.4) is 0 Å². The maximum atomic E-state index is 13.2. The lowest BCUT2D eigenvalue weighted by molar-refractivity contribution is 0.112. The van der Waals surface area contributed by atoms with Crippen molar-refractivity contribution in [2.75, 3.05) is 0 Å². The van der Waals surface area contributed by atoms with E-state index in [1.165, 1.54) is 30.3 Å². The van der Waals surface area contributed by atoms with Crippen molar-refractivity contribution < 1.29 is 13.6 Å². The molecule has 0 aliphatic rings. The van der Waals surface area contributed by atoms with E-state index in [0.717, 1.165) is 0 Å². The minimum absolute atomic E-state index is 0.321. The number of benzene rings is 2. The molecule has 0 aliphatic heterocycles. The van der Waals surface area contributed by atoms with E-state index in [0.29, 0.717) is 28.5 Å². The van der Waals surface area contributed by atoms with Crippen LogP contribution < -0.4 is 0 Å². The van der Waals surface area contributed by atoms with Gasteiger partial charge in [0.1, 0.15) is 11.6 Å². The fourth-order valence-electron chi connectivity index (χ4n) is 1.69. The number of halogens is 2. The van der Waals surface area contributed by atoms with Gasteiger partial charge in [-0.25, -0.2) is 8.78 Å². The number of hydrogen-bond acceptors (Lipinski definition) is 1. The van der Waals surface area contributed by atoms with Gasteiger partial charge in [-0.1, -0.05) is 6.07 Å². The molecule has 0 aromatic heterocycles. The lowest BCUT2D eigenvalue weighted by Crippen LogP contribution is -1.91. The molecule has 0 bridgehead atoms. The van der Waals surface area contributed by atoms with Gasteiger partial charge in [0.05, 0.1) is 0 Å². The second-order valence-corrected chi connectivity index (χ2v) is 3.81. The third-order valence-electron chi connectivity index (χ3n) is 2.61. The summed E-state index contributed by atoms with van der Waals surface area (Å²) in [5.41, 5.74) is 1.95. The molecular weight excluding hydrogens is 222 g/mol. The number of rotatable bonds is 2. The first kappa shape index (κ1) is 11.5. The summed E-state index contributed by atoms with van der Waals surface area (Å²) >= 11 is 0. The molecule has 0 aliphatic carbocycles. The van der Waals surface area contributed by atoms with Crippen LogP contribution in [0, 0.1) is 18.6 Å². The maximum Gasteiger partial charge on any atom is 0.150 e. The zero-order chi connectivity index (χ0) is 12.4. The van der Waals surface area contributed by atoms with Crippen LogP contribution in [0.4, 0.5) is 8.78 Å². The van der Waals surface area contributed by atoms with Gasteiger partial charge in [0.25, 0.3) is 0 Å². The summed E-state index contributed by atoms with van der Waals surface area (Å²) in [5, 5.41) is 0. The Balaban J connectivity index is 2.62. The van der Waals surface area contributed by atoms with E-state index in [1.807, 2.05) is 0 Å². The number of aryl methyl sites for hydroxylation is 1. The summed E-state index contributed by atoms with van der Waals surface area (Å²) in [6.07, 6.45) is 0.660. The van der Waals surface area contributed by atoms with Crippen molar-refractivity contribution in [1.82, 2.24) is 0 Å². The highest BCUT2D eigenvalue weighted by Crippen LogP contribution is 2.25. The maximum absolute atomic E-state index is 13.2. The van der Waals surface area contributed by atoms with Gasteiger partial charge in [-0.2, -0.15) is 0 Å². The largest absolute Gasteiger partial charge is 0.298 e. The number of hydrogen-bond donors (Lipinski definition) is 0. The molecule has 0 spiro atoms. The fraction of sp³-hybridized carbons (Fsp3) is 0.0714. The molecular formula is C14H10F2O. The van der Waals surface area contributed by atoms with Gasteiger partial charge in [-0.15, -0.1) is 0 Å². The van der Waals surface area contributed by atoms with Gasteiger partial charge in [0.2, 0.25) is 0 Å². The molecule has 2 rings (SSSR count). The van der Waals surface area contributed by atoms with Crippen LogP contribution in [0.25, 0.3) is 11.1 Å². The normalized spacial score (nSPS) is 10.3. The van der Waals surface area contributed by atoms with Crippen molar-refractivity contribution in [2.24, 2.45) is 0 Å². The molecule has 0 atom stereocenters. The van der Waals surface area contributed by atoms with Crippen molar-refractivity contribution in [1.29, 1.82) is 0 Å². The zero-order valence-electron chi connectivity index (χ0n) is 9.21. The average molecular weight is 232 g/mol. The Hall–Kier alpha value is -2.03. The number of carbonyl (C=O) groups is 1. The van der Waals surface area contributed by atoms with E-state index < -0.39 is 5.82 Å². The van der Waals surface area contributed by atoms with E-state index in [-0.39, 0.29) is 5.82 Å². The highest BCUT2D eigenvalue weighted by Gasteiger charge is 2.07. The molecule has 0 heterocycles. The first-order valence-corrected chi connectivity index (χ1v) is 5.13. The third kappa shape index (κ3) is 2.23. The Morgan fingerprint density at radius 3 is 2.47 bits per heavy atom. The molecule has 0 saturated carbocycles. The SMILES string of the molecule is Cc1cc(-c2cc(F)ccc2C=O)ccc1F. The van der Waals surface area contributed by atoms with Crippen LogP contribution in [-0.4, -0.2) is 6.29 Å². The van der Waals surface area contributed by atoms with Crippen molar-refractivity contribution in [3.63, 3.8) is 0 Å². The minimum atomic E-state index is -0.424. The summed E-state index contributed by atoms with van der Waals surface area (Å²) in [5.74, 6) is -0.745. The Morgan fingerprint density at radius 1 is 1.06 bits per heavy atom. The van der Waals surface area contributed by atoms with Crippen LogP contribution in [0.15, 0.2) is 36.4 Å². The van der Waals surface area contributed by atoms with E-state index in [2.05, 4.69) is 0 Å². The summed E-state index contributed by atoms with van der Waals surface area (Å²) in [7, 11) is 0. The molecule has 3 heteroatoms. The standard InChI is InChI=1S/C14H10F2O/c1-9-6-10(3-5-14(9)16)13-7-12(15)4-2-11(13)8-17/h2-8H,1H3. The highest BCUT2D eigenvalue weighted by atomic mass is 19.1. The summed E-state index contributed by atoms with van der Waals surface area (Å²) in [6, 6.07) is 8.35. The molecule has 0 radical (unpaired) electrons. The molecule has 86 valence electrons. The second-order valence-electron chi connectivity index (χ2n) is 3.81. The molecule has 2 aromatic carbocycles. The van der Waals surface area contributed by atoms with Crippen LogP contribution in [0.2, 0.25) is 0 Å². The second kappa shape index (κ2) is 4.45. The monoisotopic (exact) mass is 232 g/mol. The highest BCUT2D eigenvalue weighted by molar-refractivity contribution is 5.87. The first-order chi connectivity index (χ1) is 8.11. The molecule has 0 fully saturated rings. The van der Waals surface area contributed by atoms with Gasteiger partial charge in [0.15, 0.2) is 6.29 Å². The van der Waals surface area contributed by atoms with Crippen molar-refractivity contribution in [3.05, 3.63) is 59.2 Å². The van der Waals surface area contributed by atoms with E-state index in [4.69, 9.17) is 0 Å². The van der Waals surface area contributed by atoms with Crippen LogP contribution in [0.1, 0.15) is 15.9 Å². The predicted octanol–water partition coefficient (Wildman–Crippen LogP) is 3.75. The molecule has 17 heavy (non-hydrogen) atoms. The smallest absolute Gasteiger partial charge is 0.150 e. The van der Waals surface area contributed by atoms with Crippen molar-refractivity contribution in [3.8, 4) is 11.1 Å². The summed E-state index contributed by atoms with van der Waals surface area (Å²) in [6.45, 7) is 1.62. The predicted molar refractivity (Wildman–Crippen MR) is 61.9 cm³/mol. The zero-order valence-corrected chi connectivity index (χ0v) is 9.21. The Morgan fingerprint density at radius 2 is 1.82 bits per heavy atom. The summed E-state index contributed by atoms with van der Waals surface area (Å²) < 4.78 is 26.3.